The van der Waals surface area contributed by atoms with Gasteiger partial charge >= 0.3 is 0 Å². The first-order valence-electron chi connectivity index (χ1n) is 9.30. The monoisotopic (exact) mass is 391 g/mol. The standard InChI is InChI=1S/C22H22FN5O/c1-14-9-18-16(11-24)6-4-8-19(18)28(14)22-26-13-20(29-2)21(27-22)25-12-15-5-3-7-17(23)10-15/h3-10,13H,11-12,24H2,1-2H3,(H,25,26,27). The molecule has 0 aliphatic heterocycles. The van der Waals surface area contributed by atoms with Crippen LogP contribution in [-0.4, -0.2) is 21.6 Å². The van der Waals surface area contributed by atoms with Crippen molar-refractivity contribution in [1.82, 2.24) is 14.5 Å². The van der Waals surface area contributed by atoms with Crippen molar-refractivity contribution in [3.8, 4) is 11.7 Å². The average Bonchev–Trinajstić information content (AvgIpc) is 3.08. The molecule has 3 N–H and O–H groups in total. The fraction of sp³-hybridized carbons (Fsp3) is 0.182. The largest absolute Gasteiger partial charge is 0.491 e. The van der Waals surface area contributed by atoms with Crippen LogP contribution in [0.4, 0.5) is 10.2 Å². The lowest BCUT2D eigenvalue weighted by Crippen LogP contribution is -2.09. The van der Waals surface area contributed by atoms with E-state index < -0.39 is 0 Å². The summed E-state index contributed by atoms with van der Waals surface area (Å²) in [5.74, 6) is 1.30. The van der Waals surface area contributed by atoms with Crippen LogP contribution in [0.15, 0.2) is 54.7 Å². The van der Waals surface area contributed by atoms with E-state index in [4.69, 9.17) is 10.5 Å². The minimum Gasteiger partial charge on any atom is -0.491 e. The van der Waals surface area contributed by atoms with Crippen LogP contribution in [0.25, 0.3) is 16.9 Å². The third-order valence-electron chi connectivity index (χ3n) is 4.85. The Morgan fingerprint density at radius 3 is 2.76 bits per heavy atom. The maximum absolute atomic E-state index is 13.5. The van der Waals surface area contributed by atoms with Gasteiger partial charge in [0.05, 0.1) is 18.8 Å². The molecule has 29 heavy (non-hydrogen) atoms. The summed E-state index contributed by atoms with van der Waals surface area (Å²) >= 11 is 0. The number of benzene rings is 2. The van der Waals surface area contributed by atoms with Gasteiger partial charge in [-0.05, 0) is 42.3 Å². The van der Waals surface area contributed by atoms with Crippen LogP contribution in [0.3, 0.4) is 0 Å². The van der Waals surface area contributed by atoms with E-state index in [1.54, 1.807) is 19.4 Å². The second-order valence-electron chi connectivity index (χ2n) is 6.75. The van der Waals surface area contributed by atoms with E-state index in [9.17, 15) is 4.39 Å². The molecule has 2 aromatic heterocycles. The van der Waals surface area contributed by atoms with Crippen LogP contribution in [-0.2, 0) is 13.1 Å². The number of nitrogens with two attached hydrogens (primary N) is 1. The molecule has 0 bridgehead atoms. The van der Waals surface area contributed by atoms with Crippen molar-refractivity contribution < 1.29 is 9.13 Å². The molecule has 0 unspecified atom stereocenters. The summed E-state index contributed by atoms with van der Waals surface area (Å²) in [7, 11) is 1.57. The zero-order valence-electron chi connectivity index (χ0n) is 16.3. The number of fused-ring (bicyclic) bond motifs is 1. The molecule has 2 heterocycles. The average molecular weight is 391 g/mol. The van der Waals surface area contributed by atoms with Gasteiger partial charge in [0.15, 0.2) is 11.6 Å². The minimum atomic E-state index is -0.273. The van der Waals surface area contributed by atoms with Gasteiger partial charge in [-0.2, -0.15) is 4.98 Å². The molecule has 4 rings (SSSR count). The van der Waals surface area contributed by atoms with Crippen molar-refractivity contribution in [2.45, 2.75) is 20.0 Å². The first kappa shape index (κ1) is 18.9. The number of nitrogens with zero attached hydrogens (tertiary/aromatic N) is 3. The third kappa shape index (κ3) is 3.64. The SMILES string of the molecule is COc1cnc(-n2c(C)cc3c(CN)cccc32)nc1NCc1cccc(F)c1. The molecule has 0 amide bonds. The maximum atomic E-state index is 13.5. The van der Waals surface area contributed by atoms with Crippen LogP contribution in [0.2, 0.25) is 0 Å². The number of hydrogen-bond acceptors (Lipinski definition) is 5. The Kier molecular flexibility index (Phi) is 5.14. The van der Waals surface area contributed by atoms with Crippen LogP contribution in [0.5, 0.6) is 5.75 Å². The fourth-order valence-electron chi connectivity index (χ4n) is 3.45. The number of anilines is 1. The highest BCUT2D eigenvalue weighted by atomic mass is 19.1. The van der Waals surface area contributed by atoms with Crippen LogP contribution < -0.4 is 15.8 Å². The molecular formula is C22H22FN5O. The first-order valence-corrected chi connectivity index (χ1v) is 9.30. The highest BCUT2D eigenvalue weighted by Gasteiger charge is 2.15. The molecule has 0 spiro atoms. The van der Waals surface area contributed by atoms with Crippen LogP contribution in [0, 0.1) is 12.7 Å². The van der Waals surface area contributed by atoms with Gasteiger partial charge in [0.1, 0.15) is 5.82 Å². The van der Waals surface area contributed by atoms with Gasteiger partial charge in [0, 0.05) is 24.2 Å². The lowest BCUT2D eigenvalue weighted by atomic mass is 10.1. The van der Waals surface area contributed by atoms with Gasteiger partial charge in [-0.3, -0.25) is 4.57 Å². The second-order valence-corrected chi connectivity index (χ2v) is 6.75. The Labute approximate surface area is 168 Å². The van der Waals surface area contributed by atoms with E-state index in [-0.39, 0.29) is 5.82 Å². The Bertz CT molecular complexity index is 1170. The Morgan fingerprint density at radius 1 is 1.17 bits per heavy atom. The predicted molar refractivity (Wildman–Crippen MR) is 112 cm³/mol. The first-order chi connectivity index (χ1) is 14.1. The van der Waals surface area contributed by atoms with Crippen molar-refractivity contribution in [2.24, 2.45) is 5.73 Å². The number of halogens is 1. The van der Waals surface area contributed by atoms with E-state index >= 15 is 0 Å². The van der Waals surface area contributed by atoms with Gasteiger partial charge in [0.2, 0.25) is 5.95 Å². The lowest BCUT2D eigenvalue weighted by Gasteiger charge is -2.13. The Balaban J connectivity index is 1.73. The molecular weight excluding hydrogens is 369 g/mol. The molecule has 2 aromatic carbocycles. The molecule has 0 atom stereocenters. The molecule has 0 saturated carbocycles. The third-order valence-corrected chi connectivity index (χ3v) is 4.85. The van der Waals surface area contributed by atoms with Crippen molar-refractivity contribution in [3.05, 3.63) is 77.4 Å². The number of methoxy groups -OCH3 is 1. The summed E-state index contributed by atoms with van der Waals surface area (Å²) in [6.45, 7) is 2.88. The molecule has 6 nitrogen and oxygen atoms in total. The van der Waals surface area contributed by atoms with Gasteiger partial charge < -0.3 is 15.8 Å². The zero-order chi connectivity index (χ0) is 20.4. The van der Waals surface area contributed by atoms with Gasteiger partial charge in [0.25, 0.3) is 0 Å². The van der Waals surface area contributed by atoms with Crippen molar-refractivity contribution >= 4 is 16.7 Å². The molecule has 7 heteroatoms. The highest BCUT2D eigenvalue weighted by Crippen LogP contribution is 2.28. The number of ether oxygens (including phenoxy) is 1. The molecule has 0 aliphatic carbocycles. The number of aryl methyl sites for hydroxylation is 1. The fourth-order valence-corrected chi connectivity index (χ4v) is 3.45. The van der Waals surface area contributed by atoms with E-state index in [0.717, 1.165) is 27.7 Å². The zero-order valence-corrected chi connectivity index (χ0v) is 16.3. The van der Waals surface area contributed by atoms with Crippen molar-refractivity contribution in [1.29, 1.82) is 0 Å². The highest BCUT2D eigenvalue weighted by molar-refractivity contribution is 5.86. The lowest BCUT2D eigenvalue weighted by molar-refractivity contribution is 0.412. The summed E-state index contributed by atoms with van der Waals surface area (Å²) in [6, 6.07) is 14.5. The normalized spacial score (nSPS) is 11.0. The molecule has 0 saturated heterocycles. The van der Waals surface area contributed by atoms with Crippen LogP contribution >= 0.6 is 0 Å². The summed E-state index contributed by atoms with van der Waals surface area (Å²) in [6.07, 6.45) is 1.63. The van der Waals surface area contributed by atoms with E-state index in [1.165, 1.54) is 12.1 Å². The summed E-state index contributed by atoms with van der Waals surface area (Å²) in [5.41, 5.74) is 9.76. The topological polar surface area (TPSA) is 78.0 Å². The quantitative estimate of drug-likeness (QED) is 0.520. The number of aromatic nitrogens is 3. The molecule has 4 aromatic rings. The van der Waals surface area contributed by atoms with Crippen LogP contribution in [0.1, 0.15) is 16.8 Å². The predicted octanol–water partition coefficient (Wildman–Crippen LogP) is 3.95. The minimum absolute atomic E-state index is 0.273. The molecule has 148 valence electrons. The summed E-state index contributed by atoms with van der Waals surface area (Å²) in [4.78, 5) is 9.16. The Morgan fingerprint density at radius 2 is 2.00 bits per heavy atom. The Hall–Kier alpha value is -3.45. The van der Waals surface area contributed by atoms with Crippen molar-refractivity contribution in [3.63, 3.8) is 0 Å². The number of hydrogen-bond donors (Lipinski definition) is 2. The maximum Gasteiger partial charge on any atom is 0.236 e. The van der Waals surface area contributed by atoms with E-state index in [0.29, 0.717) is 30.6 Å². The van der Waals surface area contributed by atoms with E-state index in [1.807, 2.05) is 35.8 Å². The number of nitrogens with one attached hydrogen (secondary N) is 1. The van der Waals surface area contributed by atoms with Gasteiger partial charge in [-0.15, -0.1) is 0 Å². The smallest absolute Gasteiger partial charge is 0.236 e. The van der Waals surface area contributed by atoms with Crippen molar-refractivity contribution in [2.75, 3.05) is 12.4 Å². The summed E-state index contributed by atoms with van der Waals surface area (Å²) in [5, 5.41) is 4.31. The molecule has 0 radical (unpaired) electrons. The van der Waals surface area contributed by atoms with Gasteiger partial charge in [-0.25, -0.2) is 9.37 Å². The van der Waals surface area contributed by atoms with E-state index in [2.05, 4.69) is 21.4 Å². The summed E-state index contributed by atoms with van der Waals surface area (Å²) < 4.78 is 20.8. The number of rotatable bonds is 6. The molecule has 0 fully saturated rings. The van der Waals surface area contributed by atoms with Gasteiger partial charge in [-0.1, -0.05) is 24.3 Å². The molecule has 0 aliphatic rings. The second kappa shape index (κ2) is 7.89.